The van der Waals surface area contributed by atoms with E-state index in [1.807, 2.05) is 12.1 Å². The molecule has 0 bridgehead atoms. The summed E-state index contributed by atoms with van der Waals surface area (Å²) in [5, 5.41) is 13.3. The number of hydrogen-bond acceptors (Lipinski definition) is 6. The fourth-order valence-electron chi connectivity index (χ4n) is 4.47. The molecule has 10 heteroatoms. The van der Waals surface area contributed by atoms with Crippen LogP contribution in [0.5, 0.6) is 11.6 Å². The van der Waals surface area contributed by atoms with Gasteiger partial charge in [-0.25, -0.2) is 18.7 Å². The van der Waals surface area contributed by atoms with Gasteiger partial charge in [0.05, 0.1) is 23.7 Å². The Morgan fingerprint density at radius 1 is 1.27 bits per heavy atom. The largest absolute Gasteiger partial charge is 0.485 e. The molecule has 0 aliphatic carbocycles. The van der Waals surface area contributed by atoms with Gasteiger partial charge in [-0.15, -0.1) is 0 Å². The van der Waals surface area contributed by atoms with Crippen LogP contribution >= 0.6 is 0 Å². The minimum absolute atomic E-state index is 0.199. The van der Waals surface area contributed by atoms with E-state index in [4.69, 9.17) is 14.5 Å². The molecule has 0 unspecified atom stereocenters. The Balaban J connectivity index is 1.69. The molecule has 8 nitrogen and oxygen atoms in total. The first-order valence-electron chi connectivity index (χ1n) is 10.7. The maximum Gasteiger partial charge on any atom is 0.272 e. The van der Waals surface area contributed by atoms with Crippen LogP contribution < -0.4 is 14.8 Å². The van der Waals surface area contributed by atoms with Gasteiger partial charge in [0.25, 0.3) is 6.43 Å². The summed E-state index contributed by atoms with van der Waals surface area (Å²) in [7, 11) is 1.50. The second kappa shape index (κ2) is 8.67. The van der Waals surface area contributed by atoms with E-state index in [1.54, 1.807) is 12.4 Å². The van der Waals surface area contributed by atoms with Crippen LogP contribution in [0.25, 0.3) is 33.3 Å². The number of piperidine rings is 1. The summed E-state index contributed by atoms with van der Waals surface area (Å²) in [5.41, 5.74) is 3.66. The van der Waals surface area contributed by atoms with Crippen molar-refractivity contribution >= 4 is 21.9 Å². The quantitative estimate of drug-likeness (QED) is 0.406. The van der Waals surface area contributed by atoms with E-state index < -0.39 is 13.0 Å². The number of nitrogens with one attached hydrogen (secondary N) is 3. The molecular formula is C23H22F2N6O2. The van der Waals surface area contributed by atoms with Crippen LogP contribution in [0.4, 0.5) is 8.78 Å². The molecule has 1 fully saturated rings. The van der Waals surface area contributed by atoms with E-state index in [1.165, 1.54) is 7.11 Å². The van der Waals surface area contributed by atoms with Crippen LogP contribution in [0.3, 0.4) is 0 Å². The smallest absolute Gasteiger partial charge is 0.272 e. The maximum absolute atomic E-state index is 13.1. The minimum Gasteiger partial charge on any atom is -0.485 e. The number of nitriles is 1. The molecular weight excluding hydrogens is 430 g/mol. The minimum atomic E-state index is -2.60. The number of ether oxygens (including phenoxy) is 2. The topological polar surface area (TPSA) is 112 Å². The lowest BCUT2D eigenvalue weighted by molar-refractivity contribution is 0.0818. The summed E-state index contributed by atoms with van der Waals surface area (Å²) in [6.07, 6.45) is 2.36. The van der Waals surface area contributed by atoms with Crippen LogP contribution in [-0.2, 0) is 0 Å². The normalized spacial score (nSPS) is 14.8. The summed E-state index contributed by atoms with van der Waals surface area (Å²) in [6.45, 7) is 1.02. The standard InChI is InChI=1S/C23H22F2N6O2/c1-32-23-18(19-15(10-29-23)13(8-26)9-28-19)22-30-16-3-2-14(12-4-6-27-7-5-12)21(20(16)31-22)33-11-17(24)25/h2-3,9-10,12,17,27-28H,4-7,11H2,1H3,(H,30,31). The average molecular weight is 452 g/mol. The van der Waals surface area contributed by atoms with Crippen molar-refractivity contribution in [3.63, 3.8) is 0 Å². The number of rotatable bonds is 6. The van der Waals surface area contributed by atoms with Gasteiger partial charge >= 0.3 is 0 Å². The van der Waals surface area contributed by atoms with Crippen molar-refractivity contribution in [1.29, 1.82) is 5.26 Å². The molecule has 4 aromatic rings. The van der Waals surface area contributed by atoms with Crippen LogP contribution in [0, 0.1) is 11.3 Å². The van der Waals surface area contributed by atoms with Gasteiger partial charge < -0.3 is 24.8 Å². The average Bonchev–Trinajstić information content (AvgIpc) is 3.46. The highest BCUT2D eigenvalue weighted by Crippen LogP contribution is 2.40. The lowest BCUT2D eigenvalue weighted by Crippen LogP contribution is -2.27. The molecule has 1 aliphatic rings. The molecule has 0 amide bonds. The molecule has 33 heavy (non-hydrogen) atoms. The van der Waals surface area contributed by atoms with Crippen LogP contribution in [0.1, 0.15) is 29.9 Å². The van der Waals surface area contributed by atoms with Gasteiger partial charge in [-0.05, 0) is 43.5 Å². The Labute approximate surface area is 187 Å². The Bertz CT molecular complexity index is 1350. The number of H-pyrrole nitrogens is 2. The van der Waals surface area contributed by atoms with E-state index in [0.29, 0.717) is 50.5 Å². The van der Waals surface area contributed by atoms with Crippen molar-refractivity contribution in [1.82, 2.24) is 25.3 Å². The monoisotopic (exact) mass is 452 g/mol. The Morgan fingerprint density at radius 2 is 2.09 bits per heavy atom. The number of alkyl halides is 2. The van der Waals surface area contributed by atoms with Gasteiger partial charge in [0, 0.05) is 17.8 Å². The highest BCUT2D eigenvalue weighted by Gasteiger charge is 2.25. The number of halogens is 2. The first-order chi connectivity index (χ1) is 16.1. The molecule has 3 N–H and O–H groups in total. The fraction of sp³-hybridized carbons (Fsp3) is 0.348. The number of hydrogen-bond donors (Lipinski definition) is 3. The van der Waals surface area contributed by atoms with Crippen LogP contribution in [0.2, 0.25) is 0 Å². The Morgan fingerprint density at radius 3 is 2.82 bits per heavy atom. The first kappa shape index (κ1) is 21.2. The number of aromatic amines is 2. The third-order valence-corrected chi connectivity index (χ3v) is 6.02. The molecule has 5 rings (SSSR count). The summed E-state index contributed by atoms with van der Waals surface area (Å²) in [6, 6.07) is 5.96. The van der Waals surface area contributed by atoms with E-state index >= 15 is 0 Å². The number of pyridine rings is 1. The van der Waals surface area contributed by atoms with E-state index in [2.05, 4.69) is 26.3 Å². The van der Waals surface area contributed by atoms with E-state index in [9.17, 15) is 14.0 Å². The van der Waals surface area contributed by atoms with Crippen molar-refractivity contribution in [2.24, 2.45) is 0 Å². The number of methoxy groups -OCH3 is 1. The van der Waals surface area contributed by atoms with E-state index in [0.717, 1.165) is 31.5 Å². The van der Waals surface area contributed by atoms with Crippen molar-refractivity contribution in [3.8, 4) is 29.1 Å². The fourth-order valence-corrected chi connectivity index (χ4v) is 4.47. The van der Waals surface area contributed by atoms with Gasteiger partial charge in [0.1, 0.15) is 29.6 Å². The summed E-state index contributed by atoms with van der Waals surface area (Å²) >= 11 is 0. The lowest BCUT2D eigenvalue weighted by atomic mass is 9.89. The van der Waals surface area contributed by atoms with Crippen LogP contribution in [0.15, 0.2) is 24.5 Å². The zero-order valence-corrected chi connectivity index (χ0v) is 17.9. The highest BCUT2D eigenvalue weighted by atomic mass is 19.3. The third kappa shape index (κ3) is 3.74. The van der Waals surface area contributed by atoms with Crippen molar-refractivity contribution in [2.75, 3.05) is 26.8 Å². The SMILES string of the molecule is COc1ncc2c(C#N)c[nH]c2c1-c1nc2c(OCC(F)F)c(C3CCNCC3)ccc2[nH]1. The molecule has 0 radical (unpaired) electrons. The molecule has 0 atom stereocenters. The number of fused-ring (bicyclic) bond motifs is 2. The van der Waals surface area contributed by atoms with E-state index in [-0.39, 0.29) is 5.92 Å². The zero-order chi connectivity index (χ0) is 22.9. The number of imidazole rings is 1. The second-order valence-corrected chi connectivity index (χ2v) is 7.94. The number of nitrogens with zero attached hydrogens (tertiary/aromatic N) is 3. The van der Waals surface area contributed by atoms with Gasteiger partial charge in [-0.2, -0.15) is 5.26 Å². The van der Waals surface area contributed by atoms with Gasteiger partial charge in [-0.1, -0.05) is 6.07 Å². The molecule has 1 aromatic carbocycles. The van der Waals surface area contributed by atoms with Gasteiger partial charge in [-0.3, -0.25) is 0 Å². The molecule has 0 saturated carbocycles. The van der Waals surface area contributed by atoms with Crippen LogP contribution in [-0.4, -0.2) is 53.2 Å². The molecule has 1 saturated heterocycles. The summed E-state index contributed by atoms with van der Waals surface area (Å²) in [4.78, 5) is 15.4. The number of aromatic nitrogens is 4. The number of benzene rings is 1. The highest BCUT2D eigenvalue weighted by molar-refractivity contribution is 5.99. The van der Waals surface area contributed by atoms with Crippen molar-refractivity contribution < 1.29 is 18.3 Å². The zero-order valence-electron chi connectivity index (χ0n) is 17.9. The van der Waals surface area contributed by atoms with Gasteiger partial charge in [0.2, 0.25) is 5.88 Å². The third-order valence-electron chi connectivity index (χ3n) is 6.02. The first-order valence-corrected chi connectivity index (χ1v) is 10.7. The predicted molar refractivity (Wildman–Crippen MR) is 119 cm³/mol. The second-order valence-electron chi connectivity index (χ2n) is 7.94. The molecule has 0 spiro atoms. The Kier molecular flexibility index (Phi) is 5.56. The Hall–Kier alpha value is -3.71. The molecule has 4 heterocycles. The molecule has 3 aromatic heterocycles. The lowest BCUT2D eigenvalue weighted by Gasteiger charge is -2.25. The maximum atomic E-state index is 13.1. The van der Waals surface area contributed by atoms with Crippen molar-refractivity contribution in [2.45, 2.75) is 25.2 Å². The molecule has 1 aliphatic heterocycles. The predicted octanol–water partition coefficient (Wildman–Crippen LogP) is 4.10. The summed E-state index contributed by atoms with van der Waals surface area (Å²) < 4.78 is 37.2. The molecule has 170 valence electrons. The van der Waals surface area contributed by atoms with Gasteiger partial charge in [0.15, 0.2) is 5.75 Å². The van der Waals surface area contributed by atoms with Crippen molar-refractivity contribution in [3.05, 3.63) is 35.7 Å². The summed E-state index contributed by atoms with van der Waals surface area (Å²) in [5.74, 6) is 1.34.